The molecule has 0 aliphatic heterocycles. The summed E-state index contributed by atoms with van der Waals surface area (Å²) < 4.78 is 46.6. The maximum Gasteiger partial charge on any atom is 0.227 e. The van der Waals surface area contributed by atoms with Crippen molar-refractivity contribution in [1.82, 2.24) is 5.32 Å². The lowest BCUT2D eigenvalue weighted by Gasteiger charge is -2.21. The fourth-order valence-corrected chi connectivity index (χ4v) is 6.87. The highest BCUT2D eigenvalue weighted by Gasteiger charge is 2.50. The van der Waals surface area contributed by atoms with Crippen LogP contribution >= 0.6 is 34.8 Å². The van der Waals surface area contributed by atoms with Crippen molar-refractivity contribution in [1.29, 1.82) is 5.26 Å². The minimum Gasteiger partial charge on any atom is -0.373 e. The summed E-state index contributed by atoms with van der Waals surface area (Å²) >= 11 is 17.9. The van der Waals surface area contributed by atoms with Gasteiger partial charge in [0.2, 0.25) is 5.91 Å². The van der Waals surface area contributed by atoms with Crippen molar-refractivity contribution in [2.75, 3.05) is 0 Å². The normalized spacial score (nSPS) is 23.3. The molecular weight excluding hydrogens is 526 g/mol. The summed E-state index contributed by atoms with van der Waals surface area (Å²) in [6.07, 6.45) is 0.294. The molecule has 0 aromatic heterocycles. The predicted molar refractivity (Wildman–Crippen MR) is 126 cm³/mol. The Kier molecular flexibility index (Phi) is 7.14. The third kappa shape index (κ3) is 4.91. The molecule has 6 nitrogen and oxygen atoms in total. The highest BCUT2D eigenvalue weighted by Crippen LogP contribution is 2.40. The third-order valence-electron chi connectivity index (χ3n) is 6.27. The molecule has 0 unspecified atom stereocenters. The molecule has 2 fully saturated rings. The summed E-state index contributed by atoms with van der Waals surface area (Å²) in [6, 6.07) is 11.1. The number of rotatable bonds is 7. The van der Waals surface area contributed by atoms with Crippen molar-refractivity contribution < 1.29 is 22.3 Å². The number of halogens is 4. The number of ether oxygens (including phenoxy) is 1. The monoisotopic (exact) mass is 544 g/mol. The Bertz CT molecular complexity index is 1280. The van der Waals surface area contributed by atoms with Crippen LogP contribution in [0.2, 0.25) is 15.1 Å². The Hall–Kier alpha value is -1.89. The lowest BCUT2D eigenvalue weighted by molar-refractivity contribution is -0.130. The number of carbonyl (C=O) groups excluding carboxylic acids is 1. The van der Waals surface area contributed by atoms with Gasteiger partial charge in [-0.1, -0.05) is 53.0 Å². The number of hydrogen-bond donors (Lipinski definition) is 1. The van der Waals surface area contributed by atoms with Gasteiger partial charge in [-0.25, -0.2) is 12.8 Å². The van der Waals surface area contributed by atoms with Gasteiger partial charge < -0.3 is 10.1 Å². The quantitative estimate of drug-likeness (QED) is 0.489. The van der Waals surface area contributed by atoms with Gasteiger partial charge in [0.15, 0.2) is 15.7 Å². The molecule has 0 radical (unpaired) electrons. The molecule has 0 bridgehead atoms. The average Bonchev–Trinajstić information content (AvgIpc) is 3.44. The lowest BCUT2D eigenvalue weighted by Crippen LogP contribution is -2.42. The van der Waals surface area contributed by atoms with Gasteiger partial charge in [0, 0.05) is 0 Å². The Balaban J connectivity index is 1.58. The second-order valence-corrected chi connectivity index (χ2v) is 11.9. The molecule has 0 heterocycles. The summed E-state index contributed by atoms with van der Waals surface area (Å²) in [4.78, 5) is 13.0. The molecule has 180 valence electrons. The summed E-state index contributed by atoms with van der Waals surface area (Å²) in [6.45, 7) is -0.149. The van der Waals surface area contributed by atoms with E-state index in [1.54, 1.807) is 12.1 Å². The van der Waals surface area contributed by atoms with Crippen molar-refractivity contribution in [2.45, 2.75) is 54.1 Å². The molecule has 0 saturated heterocycles. The van der Waals surface area contributed by atoms with E-state index in [2.05, 4.69) is 11.4 Å². The zero-order valence-corrected chi connectivity index (χ0v) is 20.8. The van der Waals surface area contributed by atoms with Gasteiger partial charge in [0.05, 0.1) is 49.9 Å². The van der Waals surface area contributed by atoms with E-state index >= 15 is 0 Å². The van der Waals surface area contributed by atoms with Crippen LogP contribution in [0.1, 0.15) is 31.2 Å². The van der Waals surface area contributed by atoms with Crippen LogP contribution < -0.4 is 5.32 Å². The predicted octanol–water partition coefficient (Wildman–Crippen LogP) is 5.10. The maximum atomic E-state index is 14.1. The zero-order chi connectivity index (χ0) is 24.7. The topological polar surface area (TPSA) is 96.3 Å². The number of nitrogens with zero attached hydrogens (tertiary/aromatic N) is 1. The number of nitriles is 1. The Morgan fingerprint density at radius 2 is 1.85 bits per heavy atom. The molecular formula is C23H20Cl3FN2O4S. The molecule has 34 heavy (non-hydrogen) atoms. The first-order valence-corrected chi connectivity index (χ1v) is 13.2. The second-order valence-electron chi connectivity index (χ2n) is 8.54. The first-order valence-electron chi connectivity index (χ1n) is 10.5. The van der Waals surface area contributed by atoms with E-state index < -0.39 is 44.4 Å². The lowest BCUT2D eigenvalue weighted by atomic mass is 10.0. The second kappa shape index (κ2) is 9.63. The van der Waals surface area contributed by atoms with Gasteiger partial charge in [0.1, 0.15) is 5.54 Å². The Labute approximate surface area is 211 Å². The summed E-state index contributed by atoms with van der Waals surface area (Å²) in [5.41, 5.74) is -0.597. The molecule has 4 rings (SSSR count). The van der Waals surface area contributed by atoms with Gasteiger partial charge >= 0.3 is 0 Å². The average molecular weight is 546 g/mol. The maximum absolute atomic E-state index is 14.1. The zero-order valence-electron chi connectivity index (χ0n) is 17.7. The van der Waals surface area contributed by atoms with Gasteiger partial charge in [0.25, 0.3) is 0 Å². The standard InChI is InChI=1S/C23H20Cl3FN2O4S/c24-16-3-1-2-4-19(16)34(31,32)14-9-15(22(30)29-23(12-28)7-8-23)18(10-14)33-11-13-5-6-17(25)21(27)20(13)26/h1-6,14-15,18H,7-11H2,(H,29,30)/t14-,15-,18-/m1/s1. The highest BCUT2D eigenvalue weighted by molar-refractivity contribution is 7.92. The molecule has 1 amide bonds. The van der Waals surface area contributed by atoms with E-state index in [4.69, 9.17) is 39.5 Å². The highest BCUT2D eigenvalue weighted by atomic mass is 35.5. The molecule has 2 aromatic carbocycles. The van der Waals surface area contributed by atoms with Crippen LogP contribution in [0.15, 0.2) is 41.3 Å². The van der Waals surface area contributed by atoms with Crippen LogP contribution in [0, 0.1) is 23.1 Å². The minimum atomic E-state index is -3.87. The van der Waals surface area contributed by atoms with E-state index in [-0.39, 0.29) is 39.4 Å². The van der Waals surface area contributed by atoms with E-state index in [0.29, 0.717) is 18.4 Å². The van der Waals surface area contributed by atoms with E-state index in [0.717, 1.165) is 0 Å². The molecule has 0 spiro atoms. The van der Waals surface area contributed by atoms with Crippen molar-refractivity contribution in [3.05, 3.63) is 62.8 Å². The van der Waals surface area contributed by atoms with E-state index in [9.17, 15) is 22.9 Å². The fraction of sp³-hybridized carbons (Fsp3) is 0.391. The Morgan fingerprint density at radius 3 is 2.50 bits per heavy atom. The SMILES string of the molecule is N#CC1(NC(=O)[C@@H]2C[C@@H](S(=O)(=O)c3ccccc3Cl)C[C@H]2OCc2ccc(Cl)c(F)c2Cl)CC1. The third-order valence-corrected chi connectivity index (χ3v) is 9.65. The van der Waals surface area contributed by atoms with Crippen molar-refractivity contribution in [2.24, 2.45) is 5.92 Å². The van der Waals surface area contributed by atoms with Crippen LogP contribution in [0.4, 0.5) is 4.39 Å². The van der Waals surface area contributed by atoms with Crippen LogP contribution in [-0.4, -0.2) is 31.2 Å². The van der Waals surface area contributed by atoms with Gasteiger partial charge in [-0.2, -0.15) is 5.26 Å². The van der Waals surface area contributed by atoms with Crippen LogP contribution in [0.5, 0.6) is 0 Å². The molecule has 3 atom stereocenters. The van der Waals surface area contributed by atoms with Crippen molar-refractivity contribution in [3.63, 3.8) is 0 Å². The Morgan fingerprint density at radius 1 is 1.15 bits per heavy atom. The smallest absolute Gasteiger partial charge is 0.227 e. The number of hydrogen-bond acceptors (Lipinski definition) is 5. The number of nitrogens with one attached hydrogen (secondary N) is 1. The van der Waals surface area contributed by atoms with Crippen molar-refractivity contribution in [3.8, 4) is 6.07 Å². The van der Waals surface area contributed by atoms with E-state index in [1.165, 1.54) is 24.3 Å². The van der Waals surface area contributed by atoms with Crippen LogP contribution in [0.25, 0.3) is 0 Å². The first-order chi connectivity index (χ1) is 16.1. The molecule has 2 aliphatic carbocycles. The number of carbonyl (C=O) groups is 1. The van der Waals surface area contributed by atoms with Crippen molar-refractivity contribution >= 4 is 50.5 Å². The minimum absolute atomic E-state index is 0.00568. The number of benzene rings is 2. The van der Waals surface area contributed by atoms with Gasteiger partial charge in [-0.15, -0.1) is 0 Å². The molecule has 2 aromatic rings. The van der Waals surface area contributed by atoms with E-state index in [1.807, 2.05) is 0 Å². The number of amides is 1. The summed E-state index contributed by atoms with van der Waals surface area (Å²) in [7, 11) is -3.87. The van der Waals surface area contributed by atoms with Crippen LogP contribution in [0.3, 0.4) is 0 Å². The molecule has 2 aliphatic rings. The summed E-state index contributed by atoms with van der Waals surface area (Å²) in [5.74, 6) is -2.06. The first kappa shape index (κ1) is 25.2. The van der Waals surface area contributed by atoms with Crippen LogP contribution in [-0.2, 0) is 26.0 Å². The number of sulfone groups is 1. The molecule has 1 N–H and O–H groups in total. The van der Waals surface area contributed by atoms with Gasteiger partial charge in [-0.3, -0.25) is 4.79 Å². The fourth-order valence-electron chi connectivity index (χ4n) is 4.12. The van der Waals surface area contributed by atoms with Gasteiger partial charge in [-0.05, 0) is 49.4 Å². The largest absolute Gasteiger partial charge is 0.373 e. The molecule has 11 heteroatoms. The summed E-state index contributed by atoms with van der Waals surface area (Å²) in [5, 5.41) is 10.9. The molecule has 2 saturated carbocycles.